The van der Waals surface area contributed by atoms with E-state index in [1.54, 1.807) is 16.8 Å². The van der Waals surface area contributed by atoms with E-state index in [2.05, 4.69) is 4.98 Å². The van der Waals surface area contributed by atoms with Crippen LogP contribution in [0.2, 0.25) is 0 Å². The number of amides is 1. The van der Waals surface area contributed by atoms with Crippen LogP contribution in [0.1, 0.15) is 30.4 Å². The van der Waals surface area contributed by atoms with Crippen LogP contribution in [0.4, 0.5) is 13.2 Å². The third-order valence-corrected chi connectivity index (χ3v) is 6.48. The predicted octanol–water partition coefficient (Wildman–Crippen LogP) is 5.97. The van der Waals surface area contributed by atoms with E-state index in [1.165, 1.54) is 17.8 Å². The van der Waals surface area contributed by atoms with E-state index in [4.69, 9.17) is 0 Å². The molecule has 0 N–H and O–H groups in total. The standard InChI is InChI=1S/C24H24F3N3OS/c1-17-8-10-18(11-9-17)21-15-28-23(32-16-22(31)29-12-3-2-4-13-29)30(21)20-7-5-6-19(14-20)24(25,26)27/h5-11,14-15H,2-4,12-13,16H2,1H3. The number of nitrogens with zero attached hydrogens (tertiary/aromatic N) is 3. The van der Waals surface area contributed by atoms with Gasteiger partial charge in [-0.3, -0.25) is 9.36 Å². The highest BCUT2D eigenvalue weighted by molar-refractivity contribution is 7.99. The van der Waals surface area contributed by atoms with Gasteiger partial charge in [-0.1, -0.05) is 47.7 Å². The first-order valence-electron chi connectivity index (χ1n) is 10.6. The van der Waals surface area contributed by atoms with Gasteiger partial charge in [-0.15, -0.1) is 0 Å². The summed E-state index contributed by atoms with van der Waals surface area (Å²) >= 11 is 1.26. The van der Waals surface area contributed by atoms with Crippen molar-refractivity contribution in [3.05, 3.63) is 65.9 Å². The first-order valence-corrected chi connectivity index (χ1v) is 11.5. The van der Waals surface area contributed by atoms with E-state index in [0.29, 0.717) is 16.5 Å². The van der Waals surface area contributed by atoms with Crippen LogP contribution < -0.4 is 0 Å². The molecule has 1 amide bonds. The highest BCUT2D eigenvalue weighted by Crippen LogP contribution is 2.34. The summed E-state index contributed by atoms with van der Waals surface area (Å²) in [6.07, 6.45) is 0.354. The number of piperidine rings is 1. The van der Waals surface area contributed by atoms with Gasteiger partial charge >= 0.3 is 6.18 Å². The van der Waals surface area contributed by atoms with Gasteiger partial charge in [-0.05, 0) is 44.4 Å². The Morgan fingerprint density at radius 3 is 2.47 bits per heavy atom. The molecule has 1 aliphatic heterocycles. The average Bonchev–Trinajstić information content (AvgIpc) is 3.22. The van der Waals surface area contributed by atoms with E-state index in [9.17, 15) is 18.0 Å². The second-order valence-electron chi connectivity index (χ2n) is 7.91. The normalized spacial score (nSPS) is 14.6. The summed E-state index contributed by atoms with van der Waals surface area (Å²) < 4.78 is 41.8. The number of thioether (sulfide) groups is 1. The summed E-state index contributed by atoms with van der Waals surface area (Å²) in [5.74, 6) is 0.230. The molecule has 0 atom stereocenters. The molecule has 4 rings (SSSR count). The Morgan fingerprint density at radius 2 is 1.78 bits per heavy atom. The fourth-order valence-electron chi connectivity index (χ4n) is 3.80. The number of carbonyl (C=O) groups excluding carboxylic acids is 1. The molecular formula is C24H24F3N3OS. The topological polar surface area (TPSA) is 38.1 Å². The summed E-state index contributed by atoms with van der Waals surface area (Å²) in [6.45, 7) is 3.49. The number of aromatic nitrogens is 2. The van der Waals surface area contributed by atoms with Crippen LogP contribution >= 0.6 is 11.8 Å². The Hall–Kier alpha value is -2.74. The van der Waals surface area contributed by atoms with Crippen molar-refractivity contribution in [2.24, 2.45) is 0 Å². The minimum atomic E-state index is -4.45. The Morgan fingerprint density at radius 1 is 1.06 bits per heavy atom. The van der Waals surface area contributed by atoms with Crippen molar-refractivity contribution >= 4 is 17.7 Å². The van der Waals surface area contributed by atoms with Crippen LogP contribution in [0, 0.1) is 6.92 Å². The molecule has 3 aromatic rings. The maximum atomic E-state index is 13.4. The van der Waals surface area contributed by atoms with Gasteiger partial charge in [0.05, 0.1) is 23.2 Å². The SMILES string of the molecule is Cc1ccc(-c2cnc(SCC(=O)N3CCCCC3)n2-c2cccc(C(F)(F)F)c2)cc1. The molecule has 8 heteroatoms. The molecule has 0 saturated carbocycles. The summed E-state index contributed by atoms with van der Waals surface area (Å²) in [6, 6.07) is 12.9. The van der Waals surface area contributed by atoms with Gasteiger partial charge in [0, 0.05) is 24.3 Å². The van der Waals surface area contributed by atoms with E-state index in [0.717, 1.165) is 55.6 Å². The highest BCUT2D eigenvalue weighted by atomic mass is 32.2. The number of halogens is 3. The maximum absolute atomic E-state index is 13.4. The lowest BCUT2D eigenvalue weighted by Gasteiger charge is -2.26. The molecule has 32 heavy (non-hydrogen) atoms. The molecule has 1 saturated heterocycles. The molecule has 1 fully saturated rings. The van der Waals surface area contributed by atoms with E-state index in [-0.39, 0.29) is 11.7 Å². The largest absolute Gasteiger partial charge is 0.416 e. The third-order valence-electron chi connectivity index (χ3n) is 5.54. The van der Waals surface area contributed by atoms with Crippen molar-refractivity contribution < 1.29 is 18.0 Å². The molecule has 1 aliphatic rings. The maximum Gasteiger partial charge on any atom is 0.416 e. The van der Waals surface area contributed by atoms with Crippen LogP contribution in [-0.4, -0.2) is 39.2 Å². The van der Waals surface area contributed by atoms with Crippen LogP contribution in [0.25, 0.3) is 16.9 Å². The molecular weight excluding hydrogens is 435 g/mol. The van der Waals surface area contributed by atoms with Gasteiger partial charge in [0.15, 0.2) is 5.16 Å². The molecule has 168 valence electrons. The molecule has 0 aliphatic carbocycles. The van der Waals surface area contributed by atoms with Crippen molar-refractivity contribution in [3.8, 4) is 16.9 Å². The Kier molecular flexibility index (Phi) is 6.60. The number of alkyl halides is 3. The monoisotopic (exact) mass is 459 g/mol. The molecule has 0 spiro atoms. The number of rotatable bonds is 5. The summed E-state index contributed by atoms with van der Waals surface area (Å²) in [5.41, 5.74) is 2.24. The van der Waals surface area contributed by atoms with E-state index < -0.39 is 11.7 Å². The zero-order valence-electron chi connectivity index (χ0n) is 17.7. The Labute approximate surface area is 189 Å². The summed E-state index contributed by atoms with van der Waals surface area (Å²) in [4.78, 5) is 19.0. The van der Waals surface area contributed by atoms with Gasteiger partial charge in [0.1, 0.15) is 0 Å². The van der Waals surface area contributed by atoms with Crippen LogP contribution in [-0.2, 0) is 11.0 Å². The third kappa shape index (κ3) is 5.01. The van der Waals surface area contributed by atoms with Crippen molar-refractivity contribution in [2.75, 3.05) is 18.8 Å². The van der Waals surface area contributed by atoms with Crippen molar-refractivity contribution in [2.45, 2.75) is 37.5 Å². The first kappa shape index (κ1) is 22.5. The number of likely N-dealkylation sites (tertiary alicyclic amines) is 1. The smallest absolute Gasteiger partial charge is 0.342 e. The lowest BCUT2D eigenvalue weighted by molar-refractivity contribution is -0.137. The zero-order valence-corrected chi connectivity index (χ0v) is 18.5. The van der Waals surface area contributed by atoms with Crippen molar-refractivity contribution in [1.29, 1.82) is 0 Å². The summed E-state index contributed by atoms with van der Waals surface area (Å²) in [5, 5.41) is 0.491. The number of aryl methyl sites for hydroxylation is 1. The van der Waals surface area contributed by atoms with Gasteiger partial charge < -0.3 is 4.90 Å². The lowest BCUT2D eigenvalue weighted by Crippen LogP contribution is -2.36. The van der Waals surface area contributed by atoms with Gasteiger partial charge in [-0.25, -0.2) is 4.98 Å². The van der Waals surface area contributed by atoms with Gasteiger partial charge in [0.25, 0.3) is 0 Å². The minimum absolute atomic E-state index is 0.0326. The van der Waals surface area contributed by atoms with Gasteiger partial charge in [0.2, 0.25) is 5.91 Å². The molecule has 2 heterocycles. The average molecular weight is 460 g/mol. The van der Waals surface area contributed by atoms with Crippen molar-refractivity contribution in [3.63, 3.8) is 0 Å². The number of hydrogen-bond donors (Lipinski definition) is 0. The Balaban J connectivity index is 1.69. The second kappa shape index (κ2) is 9.40. The molecule has 1 aromatic heterocycles. The molecule has 2 aromatic carbocycles. The minimum Gasteiger partial charge on any atom is -0.342 e. The fourth-order valence-corrected chi connectivity index (χ4v) is 4.69. The highest BCUT2D eigenvalue weighted by Gasteiger charge is 2.31. The van der Waals surface area contributed by atoms with Crippen LogP contribution in [0.3, 0.4) is 0 Å². The lowest BCUT2D eigenvalue weighted by atomic mass is 10.1. The van der Waals surface area contributed by atoms with Gasteiger partial charge in [-0.2, -0.15) is 13.2 Å². The number of carbonyl (C=O) groups is 1. The molecule has 0 radical (unpaired) electrons. The molecule has 0 unspecified atom stereocenters. The Bertz CT molecular complexity index is 1090. The summed E-state index contributed by atoms with van der Waals surface area (Å²) in [7, 11) is 0. The fraction of sp³-hybridized carbons (Fsp3) is 0.333. The van der Waals surface area contributed by atoms with E-state index in [1.807, 2.05) is 36.1 Å². The number of benzene rings is 2. The first-order chi connectivity index (χ1) is 15.3. The second-order valence-corrected chi connectivity index (χ2v) is 8.85. The predicted molar refractivity (Wildman–Crippen MR) is 120 cm³/mol. The van der Waals surface area contributed by atoms with Crippen LogP contribution in [0.5, 0.6) is 0 Å². The van der Waals surface area contributed by atoms with E-state index >= 15 is 0 Å². The zero-order chi connectivity index (χ0) is 22.7. The number of imidazole rings is 1. The molecule has 0 bridgehead atoms. The van der Waals surface area contributed by atoms with Crippen molar-refractivity contribution in [1.82, 2.24) is 14.5 Å². The number of hydrogen-bond acceptors (Lipinski definition) is 3. The quantitative estimate of drug-likeness (QED) is 0.441. The van der Waals surface area contributed by atoms with Crippen LogP contribution in [0.15, 0.2) is 59.9 Å². The molecule has 4 nitrogen and oxygen atoms in total.